The zero-order chi connectivity index (χ0) is 17.9. The summed E-state index contributed by atoms with van der Waals surface area (Å²) in [6, 6.07) is 7.53. The number of amides is 1. The van der Waals surface area contributed by atoms with Gasteiger partial charge >= 0.3 is 0 Å². The summed E-state index contributed by atoms with van der Waals surface area (Å²) < 4.78 is 7.90. The van der Waals surface area contributed by atoms with E-state index < -0.39 is 5.41 Å². The van der Waals surface area contributed by atoms with Gasteiger partial charge in [0.15, 0.2) is 10.6 Å². The number of rotatable bonds is 5. The summed E-state index contributed by atoms with van der Waals surface area (Å²) in [5.41, 5.74) is 0.174. The van der Waals surface area contributed by atoms with Crippen molar-refractivity contribution in [3.05, 3.63) is 45.4 Å². The normalized spacial score (nSPS) is 16.6. The van der Waals surface area contributed by atoms with Gasteiger partial charge in [0.1, 0.15) is 0 Å². The molecule has 1 aromatic heterocycles. The maximum atomic E-state index is 13.2. The number of nitrogens with zero attached hydrogens (tertiary/aromatic N) is 2. The second kappa shape index (κ2) is 7.68. The van der Waals surface area contributed by atoms with Crippen LogP contribution in [0, 0.1) is 4.77 Å². The monoisotopic (exact) mass is 380 g/mol. The van der Waals surface area contributed by atoms with Crippen molar-refractivity contribution in [1.82, 2.24) is 20.1 Å². The second-order valence-corrected chi connectivity index (χ2v) is 6.84. The summed E-state index contributed by atoms with van der Waals surface area (Å²) in [6.45, 7) is 4.07. The standard InChI is InChI=1S/C17H21ClN4O2S/c1-2-22-14(20-21-16(22)25)11-19-15(23)17(7-9-24-10-8-17)12-5-3-4-6-13(12)18/h3-6H,2,7-11H2,1H3,(H,19,23)(H,21,25). The molecule has 2 heterocycles. The number of carbonyl (C=O) groups is 1. The van der Waals surface area contributed by atoms with Crippen LogP contribution in [0.2, 0.25) is 5.02 Å². The molecule has 0 aliphatic carbocycles. The quantitative estimate of drug-likeness (QED) is 0.782. The highest BCUT2D eigenvalue weighted by Gasteiger charge is 2.42. The van der Waals surface area contributed by atoms with Gasteiger partial charge in [0.05, 0.1) is 12.0 Å². The molecular formula is C17H21ClN4O2S. The molecule has 0 bridgehead atoms. The molecule has 1 aliphatic rings. The maximum Gasteiger partial charge on any atom is 0.231 e. The molecule has 1 fully saturated rings. The number of H-pyrrole nitrogens is 1. The third kappa shape index (κ3) is 3.49. The largest absolute Gasteiger partial charge is 0.381 e. The van der Waals surface area contributed by atoms with Crippen LogP contribution in [0.1, 0.15) is 31.2 Å². The van der Waals surface area contributed by atoms with Crippen LogP contribution in [-0.2, 0) is 28.0 Å². The zero-order valence-corrected chi connectivity index (χ0v) is 15.6. The molecule has 3 rings (SSSR count). The minimum absolute atomic E-state index is 0.0551. The highest BCUT2D eigenvalue weighted by atomic mass is 35.5. The molecule has 25 heavy (non-hydrogen) atoms. The fourth-order valence-electron chi connectivity index (χ4n) is 3.33. The molecule has 1 aromatic carbocycles. The van der Waals surface area contributed by atoms with Crippen LogP contribution in [0.25, 0.3) is 0 Å². The van der Waals surface area contributed by atoms with E-state index in [1.807, 2.05) is 35.8 Å². The lowest BCUT2D eigenvalue weighted by molar-refractivity contribution is -0.130. The number of aromatic nitrogens is 3. The molecule has 0 saturated carbocycles. The smallest absolute Gasteiger partial charge is 0.231 e. The first kappa shape index (κ1) is 18.1. The van der Waals surface area contributed by atoms with Crippen molar-refractivity contribution in [3.8, 4) is 0 Å². The van der Waals surface area contributed by atoms with Gasteiger partial charge in [0.25, 0.3) is 0 Å². The number of halogens is 1. The summed E-state index contributed by atoms with van der Waals surface area (Å²) >= 11 is 11.6. The van der Waals surface area contributed by atoms with Gasteiger partial charge in [-0.25, -0.2) is 0 Å². The van der Waals surface area contributed by atoms with Crippen molar-refractivity contribution in [2.75, 3.05) is 13.2 Å². The van der Waals surface area contributed by atoms with Crippen molar-refractivity contribution in [2.24, 2.45) is 0 Å². The minimum Gasteiger partial charge on any atom is -0.381 e. The lowest BCUT2D eigenvalue weighted by Crippen LogP contribution is -2.48. The first-order valence-corrected chi connectivity index (χ1v) is 9.12. The first-order chi connectivity index (χ1) is 12.1. The molecular weight excluding hydrogens is 360 g/mol. The van der Waals surface area contributed by atoms with Gasteiger partial charge in [0, 0.05) is 24.8 Å². The van der Waals surface area contributed by atoms with Gasteiger partial charge in [0.2, 0.25) is 5.91 Å². The van der Waals surface area contributed by atoms with E-state index in [0.29, 0.717) is 54.8 Å². The van der Waals surface area contributed by atoms with Crippen molar-refractivity contribution < 1.29 is 9.53 Å². The van der Waals surface area contributed by atoms with E-state index in [4.69, 9.17) is 28.6 Å². The Hall–Kier alpha value is -1.70. The van der Waals surface area contributed by atoms with Gasteiger partial charge in [-0.05, 0) is 43.6 Å². The molecule has 1 amide bonds. The topological polar surface area (TPSA) is 71.9 Å². The molecule has 6 nitrogen and oxygen atoms in total. The summed E-state index contributed by atoms with van der Waals surface area (Å²) in [7, 11) is 0. The predicted molar refractivity (Wildman–Crippen MR) is 98.1 cm³/mol. The predicted octanol–water partition coefficient (Wildman–Crippen LogP) is 2.98. The van der Waals surface area contributed by atoms with Gasteiger partial charge in [-0.1, -0.05) is 29.8 Å². The molecule has 134 valence electrons. The Morgan fingerprint density at radius 3 is 2.84 bits per heavy atom. The minimum atomic E-state index is -0.680. The Morgan fingerprint density at radius 1 is 1.44 bits per heavy atom. The average Bonchev–Trinajstić information content (AvgIpc) is 3.00. The number of ether oxygens (including phenoxy) is 1. The fraction of sp³-hybridized carbons (Fsp3) is 0.471. The molecule has 8 heteroatoms. The molecule has 2 N–H and O–H groups in total. The molecule has 0 unspecified atom stereocenters. The van der Waals surface area contributed by atoms with Gasteiger partial charge in [-0.15, -0.1) is 0 Å². The van der Waals surface area contributed by atoms with Gasteiger partial charge in [-0.2, -0.15) is 5.10 Å². The second-order valence-electron chi connectivity index (χ2n) is 6.05. The molecule has 0 spiro atoms. The van der Waals surface area contributed by atoms with E-state index >= 15 is 0 Å². The van der Waals surface area contributed by atoms with Crippen LogP contribution < -0.4 is 5.32 Å². The van der Waals surface area contributed by atoms with E-state index in [2.05, 4.69) is 15.5 Å². The van der Waals surface area contributed by atoms with Crippen LogP contribution in [0.5, 0.6) is 0 Å². The molecule has 2 aromatic rings. The highest BCUT2D eigenvalue weighted by molar-refractivity contribution is 7.71. The Kier molecular flexibility index (Phi) is 5.56. The third-order valence-corrected chi connectivity index (χ3v) is 5.37. The maximum absolute atomic E-state index is 13.2. The molecule has 1 aliphatic heterocycles. The molecule has 0 atom stereocenters. The van der Waals surface area contributed by atoms with Crippen LogP contribution in [0.15, 0.2) is 24.3 Å². The van der Waals surface area contributed by atoms with Gasteiger partial charge in [-0.3, -0.25) is 9.89 Å². The Balaban J connectivity index is 1.85. The van der Waals surface area contributed by atoms with Gasteiger partial charge < -0.3 is 14.6 Å². The van der Waals surface area contributed by atoms with Crippen LogP contribution >= 0.6 is 23.8 Å². The molecule has 1 saturated heterocycles. The van der Waals surface area contributed by atoms with Crippen molar-refractivity contribution >= 4 is 29.7 Å². The van der Waals surface area contributed by atoms with Crippen LogP contribution in [-0.4, -0.2) is 33.9 Å². The Bertz CT molecular complexity index is 811. The average molecular weight is 381 g/mol. The number of hydrogen-bond acceptors (Lipinski definition) is 4. The number of benzene rings is 1. The SMILES string of the molecule is CCn1c(CNC(=O)C2(c3ccccc3Cl)CCOCC2)n[nH]c1=S. The molecule has 0 radical (unpaired) electrons. The Morgan fingerprint density at radius 2 is 2.16 bits per heavy atom. The van der Waals surface area contributed by atoms with Crippen molar-refractivity contribution in [3.63, 3.8) is 0 Å². The highest BCUT2D eigenvalue weighted by Crippen LogP contribution is 2.38. The van der Waals surface area contributed by atoms with E-state index in [9.17, 15) is 4.79 Å². The summed E-state index contributed by atoms with van der Waals surface area (Å²) in [6.07, 6.45) is 1.20. The number of hydrogen-bond donors (Lipinski definition) is 2. The lowest BCUT2D eigenvalue weighted by atomic mass is 9.73. The van der Waals surface area contributed by atoms with E-state index in [0.717, 1.165) is 5.56 Å². The first-order valence-electron chi connectivity index (χ1n) is 8.33. The van der Waals surface area contributed by atoms with Crippen molar-refractivity contribution in [1.29, 1.82) is 0 Å². The van der Waals surface area contributed by atoms with E-state index in [1.54, 1.807) is 0 Å². The summed E-state index contributed by atoms with van der Waals surface area (Å²) in [5.74, 6) is 0.655. The lowest BCUT2D eigenvalue weighted by Gasteiger charge is -2.36. The number of aromatic amines is 1. The summed E-state index contributed by atoms with van der Waals surface area (Å²) in [5, 5.41) is 10.6. The van der Waals surface area contributed by atoms with Crippen molar-refractivity contribution in [2.45, 2.75) is 38.3 Å². The summed E-state index contributed by atoms with van der Waals surface area (Å²) in [4.78, 5) is 13.2. The fourth-order valence-corrected chi connectivity index (χ4v) is 3.92. The van der Waals surface area contributed by atoms with Crippen LogP contribution in [0.3, 0.4) is 0 Å². The van der Waals surface area contributed by atoms with Crippen LogP contribution in [0.4, 0.5) is 0 Å². The Labute approximate surface area is 156 Å². The number of nitrogens with one attached hydrogen (secondary N) is 2. The van der Waals surface area contributed by atoms with E-state index in [1.165, 1.54) is 0 Å². The third-order valence-electron chi connectivity index (χ3n) is 4.73. The zero-order valence-electron chi connectivity index (χ0n) is 14.0. The number of carbonyl (C=O) groups excluding carboxylic acids is 1. The van der Waals surface area contributed by atoms with E-state index in [-0.39, 0.29) is 5.91 Å².